The van der Waals surface area contributed by atoms with Crippen LogP contribution in [0.25, 0.3) is 0 Å². The van der Waals surface area contributed by atoms with E-state index >= 15 is 0 Å². The molecule has 0 N–H and O–H groups in total. The minimum Gasteiger partial charge on any atom is -0.463 e. The Bertz CT molecular complexity index is 321. The summed E-state index contributed by atoms with van der Waals surface area (Å²) in [6.07, 6.45) is 16.2. The predicted molar refractivity (Wildman–Crippen MR) is 91.8 cm³/mol. The van der Waals surface area contributed by atoms with Crippen LogP contribution in [0, 0.1) is 0 Å². The summed E-state index contributed by atoms with van der Waals surface area (Å²) >= 11 is 0. The zero-order valence-corrected chi connectivity index (χ0v) is 14.7. The molecule has 0 saturated carbocycles. The highest BCUT2D eigenvalue weighted by Gasteiger charge is 2.04. The Morgan fingerprint density at radius 2 is 1.55 bits per heavy atom. The molecule has 3 heteroatoms. The van der Waals surface area contributed by atoms with E-state index in [0.29, 0.717) is 12.2 Å². The van der Waals surface area contributed by atoms with Crippen molar-refractivity contribution >= 4 is 11.8 Å². The van der Waals surface area contributed by atoms with Crippen LogP contribution in [0.1, 0.15) is 91.4 Å². The van der Waals surface area contributed by atoms with Crippen molar-refractivity contribution in [2.24, 2.45) is 0 Å². The van der Waals surface area contributed by atoms with Crippen molar-refractivity contribution in [3.63, 3.8) is 0 Å². The molecule has 22 heavy (non-hydrogen) atoms. The van der Waals surface area contributed by atoms with E-state index in [-0.39, 0.29) is 12.1 Å². The largest absolute Gasteiger partial charge is 0.463 e. The zero-order valence-electron chi connectivity index (χ0n) is 14.7. The summed E-state index contributed by atoms with van der Waals surface area (Å²) in [6.45, 7) is 5.35. The SMILES string of the molecule is CCC(=O)CCCC=CCCCCCCCC(C)OC(C)=O. The summed E-state index contributed by atoms with van der Waals surface area (Å²) in [7, 11) is 0. The highest BCUT2D eigenvalue weighted by molar-refractivity contribution is 5.77. The molecule has 1 unspecified atom stereocenters. The number of ketones is 1. The molecular weight excluding hydrogens is 276 g/mol. The van der Waals surface area contributed by atoms with Crippen molar-refractivity contribution in [1.82, 2.24) is 0 Å². The van der Waals surface area contributed by atoms with Crippen LogP contribution < -0.4 is 0 Å². The first-order valence-corrected chi connectivity index (χ1v) is 8.90. The minimum absolute atomic E-state index is 0.0556. The molecule has 128 valence electrons. The van der Waals surface area contributed by atoms with Gasteiger partial charge in [-0.25, -0.2) is 0 Å². The lowest BCUT2D eigenvalue weighted by atomic mass is 10.1. The van der Waals surface area contributed by atoms with Crippen LogP contribution in [-0.2, 0) is 14.3 Å². The number of rotatable bonds is 14. The van der Waals surface area contributed by atoms with Gasteiger partial charge in [-0.2, -0.15) is 0 Å². The van der Waals surface area contributed by atoms with E-state index in [1.54, 1.807) is 0 Å². The summed E-state index contributed by atoms with van der Waals surface area (Å²) in [4.78, 5) is 21.9. The Labute approximate surface area is 136 Å². The standard InChI is InChI=1S/C19H34O3/c1-4-19(21)16-14-12-10-8-6-5-7-9-11-13-15-17(2)22-18(3)20/h8,10,17H,4-7,9,11-16H2,1-3H3. The van der Waals surface area contributed by atoms with Crippen molar-refractivity contribution < 1.29 is 14.3 Å². The number of allylic oxidation sites excluding steroid dienone is 2. The van der Waals surface area contributed by atoms with Crippen LogP contribution in [0.5, 0.6) is 0 Å². The van der Waals surface area contributed by atoms with Crippen molar-refractivity contribution in [1.29, 1.82) is 0 Å². The van der Waals surface area contributed by atoms with Gasteiger partial charge in [0.1, 0.15) is 5.78 Å². The second-order valence-corrected chi connectivity index (χ2v) is 6.02. The van der Waals surface area contributed by atoms with Gasteiger partial charge < -0.3 is 4.74 Å². The smallest absolute Gasteiger partial charge is 0.302 e. The van der Waals surface area contributed by atoms with Crippen LogP contribution in [0.4, 0.5) is 0 Å². The molecule has 0 aliphatic rings. The van der Waals surface area contributed by atoms with Gasteiger partial charge in [0.05, 0.1) is 6.10 Å². The molecule has 3 nitrogen and oxygen atoms in total. The van der Waals surface area contributed by atoms with Crippen molar-refractivity contribution in [3.05, 3.63) is 12.2 Å². The van der Waals surface area contributed by atoms with Gasteiger partial charge in [-0.1, -0.05) is 38.3 Å². The van der Waals surface area contributed by atoms with Crippen LogP contribution in [0.15, 0.2) is 12.2 Å². The highest BCUT2D eigenvalue weighted by atomic mass is 16.5. The second-order valence-electron chi connectivity index (χ2n) is 6.02. The lowest BCUT2D eigenvalue weighted by molar-refractivity contribution is -0.145. The van der Waals surface area contributed by atoms with Crippen LogP contribution in [-0.4, -0.2) is 17.9 Å². The van der Waals surface area contributed by atoms with Gasteiger partial charge in [-0.15, -0.1) is 0 Å². The second kappa shape index (κ2) is 14.8. The predicted octanol–water partition coefficient (Wildman–Crippen LogP) is 5.37. The third kappa shape index (κ3) is 15.3. The molecule has 0 spiro atoms. The Balaban J connectivity index is 3.26. The number of carbonyl (C=O) groups is 2. The Morgan fingerprint density at radius 1 is 0.955 bits per heavy atom. The fourth-order valence-corrected chi connectivity index (χ4v) is 2.40. The lowest BCUT2D eigenvalue weighted by Crippen LogP contribution is -2.11. The van der Waals surface area contributed by atoms with Crippen LogP contribution in [0.2, 0.25) is 0 Å². The Morgan fingerprint density at radius 3 is 2.18 bits per heavy atom. The van der Waals surface area contributed by atoms with Gasteiger partial charge in [0.25, 0.3) is 0 Å². The molecule has 0 aromatic carbocycles. The summed E-state index contributed by atoms with van der Waals surface area (Å²) < 4.78 is 5.09. The van der Waals surface area contributed by atoms with Crippen molar-refractivity contribution in [3.8, 4) is 0 Å². The molecule has 0 heterocycles. The minimum atomic E-state index is -0.182. The molecule has 0 saturated heterocycles. The molecule has 0 aliphatic carbocycles. The lowest BCUT2D eigenvalue weighted by Gasteiger charge is -2.10. The van der Waals surface area contributed by atoms with E-state index in [9.17, 15) is 9.59 Å². The molecule has 0 bridgehead atoms. The molecule has 0 amide bonds. The molecule has 1 atom stereocenters. The highest BCUT2D eigenvalue weighted by Crippen LogP contribution is 2.11. The van der Waals surface area contributed by atoms with E-state index in [1.165, 1.54) is 32.6 Å². The van der Waals surface area contributed by atoms with Crippen molar-refractivity contribution in [2.45, 2.75) is 97.5 Å². The van der Waals surface area contributed by atoms with E-state index in [1.807, 2.05) is 13.8 Å². The van der Waals surface area contributed by atoms with E-state index in [2.05, 4.69) is 12.2 Å². The van der Waals surface area contributed by atoms with Gasteiger partial charge in [-0.3, -0.25) is 9.59 Å². The fourth-order valence-electron chi connectivity index (χ4n) is 2.40. The fraction of sp³-hybridized carbons (Fsp3) is 0.789. The van der Waals surface area contributed by atoms with Gasteiger partial charge in [0.15, 0.2) is 0 Å². The molecule has 0 aromatic rings. The molecule has 0 radical (unpaired) electrons. The molecule has 0 aliphatic heterocycles. The molecule has 0 rings (SSSR count). The quantitative estimate of drug-likeness (QED) is 0.246. The third-order valence-corrected chi connectivity index (χ3v) is 3.74. The third-order valence-electron chi connectivity index (χ3n) is 3.74. The average molecular weight is 310 g/mol. The molecule has 0 fully saturated rings. The van der Waals surface area contributed by atoms with Crippen molar-refractivity contribution in [2.75, 3.05) is 0 Å². The van der Waals surface area contributed by atoms with Gasteiger partial charge in [-0.05, 0) is 45.4 Å². The Hall–Kier alpha value is -1.12. The van der Waals surface area contributed by atoms with Gasteiger partial charge in [0.2, 0.25) is 0 Å². The summed E-state index contributed by atoms with van der Waals surface area (Å²) in [5.41, 5.74) is 0. The maximum absolute atomic E-state index is 11.1. The first-order valence-electron chi connectivity index (χ1n) is 8.90. The summed E-state index contributed by atoms with van der Waals surface area (Å²) in [6, 6.07) is 0. The monoisotopic (exact) mass is 310 g/mol. The summed E-state index contributed by atoms with van der Waals surface area (Å²) in [5, 5.41) is 0. The zero-order chi connectivity index (χ0) is 16.6. The number of ether oxygens (including phenoxy) is 1. The Kier molecular flexibility index (Phi) is 14.0. The maximum Gasteiger partial charge on any atom is 0.302 e. The molecule has 0 aromatic heterocycles. The normalized spacial score (nSPS) is 12.5. The average Bonchev–Trinajstić information content (AvgIpc) is 2.47. The van der Waals surface area contributed by atoms with Gasteiger partial charge in [0, 0.05) is 19.8 Å². The number of carbonyl (C=O) groups excluding carboxylic acids is 2. The van der Waals surface area contributed by atoms with Crippen LogP contribution in [0.3, 0.4) is 0 Å². The maximum atomic E-state index is 11.1. The van der Waals surface area contributed by atoms with Gasteiger partial charge >= 0.3 is 5.97 Å². The van der Waals surface area contributed by atoms with E-state index < -0.39 is 0 Å². The van der Waals surface area contributed by atoms with Crippen LogP contribution >= 0.6 is 0 Å². The number of esters is 1. The number of unbranched alkanes of at least 4 members (excludes halogenated alkanes) is 6. The number of hydrogen-bond acceptors (Lipinski definition) is 3. The summed E-state index contributed by atoms with van der Waals surface area (Å²) in [5.74, 6) is 0.190. The number of hydrogen-bond donors (Lipinski definition) is 0. The van der Waals surface area contributed by atoms with E-state index in [4.69, 9.17) is 4.74 Å². The van der Waals surface area contributed by atoms with E-state index in [0.717, 1.165) is 38.5 Å². The topological polar surface area (TPSA) is 43.4 Å². The first-order chi connectivity index (χ1) is 10.6. The molecular formula is C19H34O3. The first kappa shape index (κ1) is 20.9. The number of Topliss-reactive ketones (excluding diaryl/α,β-unsaturated/α-hetero) is 1.